The molecule has 0 aliphatic rings. The Bertz CT molecular complexity index is 283. The van der Waals surface area contributed by atoms with Gasteiger partial charge in [-0.3, -0.25) is 10.1 Å². The molecule has 0 aromatic heterocycles. The number of carbonyl (C=O) groups is 1. The monoisotopic (exact) mass is 284 g/mol. The second kappa shape index (κ2) is 13.4. The molecule has 0 unspecified atom stereocenters. The SMILES string of the molecule is O=C([O-])/C(CCCCCCCC[N+](=O)[O-])=N\O.[K+]. The molecule has 0 aromatic carbocycles. The van der Waals surface area contributed by atoms with Crippen LogP contribution in [0.4, 0.5) is 0 Å². The van der Waals surface area contributed by atoms with E-state index in [0.29, 0.717) is 12.8 Å². The van der Waals surface area contributed by atoms with Crippen molar-refractivity contribution in [1.29, 1.82) is 0 Å². The second-order valence-electron chi connectivity index (χ2n) is 3.76. The van der Waals surface area contributed by atoms with Crippen LogP contribution in [0.25, 0.3) is 0 Å². The minimum Gasteiger partial charge on any atom is -0.543 e. The molecule has 18 heavy (non-hydrogen) atoms. The van der Waals surface area contributed by atoms with Gasteiger partial charge in [0.05, 0.1) is 5.97 Å². The van der Waals surface area contributed by atoms with Crippen molar-refractivity contribution in [3.63, 3.8) is 0 Å². The van der Waals surface area contributed by atoms with Gasteiger partial charge < -0.3 is 15.1 Å². The summed E-state index contributed by atoms with van der Waals surface area (Å²) < 4.78 is 0. The van der Waals surface area contributed by atoms with E-state index in [-0.39, 0.29) is 75.0 Å². The number of aliphatic carboxylic acids is 1. The molecule has 0 saturated heterocycles. The Balaban J connectivity index is 0. The Kier molecular flexibility index (Phi) is 15.1. The maximum Gasteiger partial charge on any atom is 1.00 e. The minimum absolute atomic E-state index is 0. The normalized spacial score (nSPS) is 10.8. The first-order valence-electron chi connectivity index (χ1n) is 5.62. The van der Waals surface area contributed by atoms with E-state index in [0.717, 1.165) is 25.7 Å². The molecule has 0 amide bonds. The average Bonchev–Trinajstić information content (AvgIpc) is 2.26. The summed E-state index contributed by atoms with van der Waals surface area (Å²) in [6.45, 7) is 0.00595. The first-order valence-corrected chi connectivity index (χ1v) is 5.62. The number of carboxylic acids is 1. The van der Waals surface area contributed by atoms with Gasteiger partial charge in [0.15, 0.2) is 0 Å². The first kappa shape index (κ1) is 20.3. The summed E-state index contributed by atoms with van der Waals surface area (Å²) in [5.41, 5.74) is -0.335. The van der Waals surface area contributed by atoms with E-state index in [1.807, 2.05) is 0 Å². The third-order valence-corrected chi connectivity index (χ3v) is 2.36. The third-order valence-electron chi connectivity index (χ3n) is 2.36. The van der Waals surface area contributed by atoms with Gasteiger partial charge in [-0.05, 0) is 19.3 Å². The molecule has 0 saturated carbocycles. The molecule has 0 fully saturated rings. The summed E-state index contributed by atoms with van der Waals surface area (Å²) in [6.07, 6.45) is 4.78. The van der Waals surface area contributed by atoms with Crippen LogP contribution in [0, 0.1) is 10.1 Å². The number of hydrogen-bond acceptors (Lipinski definition) is 6. The summed E-state index contributed by atoms with van der Waals surface area (Å²) in [5.74, 6) is -1.45. The zero-order valence-corrected chi connectivity index (χ0v) is 13.8. The molecule has 7 nitrogen and oxygen atoms in total. The van der Waals surface area contributed by atoms with Crippen molar-refractivity contribution >= 4 is 11.7 Å². The van der Waals surface area contributed by atoms with Crippen molar-refractivity contribution in [2.45, 2.75) is 44.9 Å². The maximum atomic E-state index is 10.3. The maximum absolute atomic E-state index is 10.3. The number of oxime groups is 1. The Labute approximate surface area is 148 Å². The van der Waals surface area contributed by atoms with Crippen molar-refractivity contribution in [1.82, 2.24) is 0 Å². The van der Waals surface area contributed by atoms with E-state index < -0.39 is 5.97 Å². The predicted octanol–water partition coefficient (Wildman–Crippen LogP) is -2.42. The van der Waals surface area contributed by atoms with Gasteiger partial charge in [0, 0.05) is 11.3 Å². The van der Waals surface area contributed by atoms with Crippen molar-refractivity contribution in [2.75, 3.05) is 6.54 Å². The number of unbranched alkanes of at least 4 members (excludes halogenated alkanes) is 5. The minimum atomic E-state index is -1.45. The van der Waals surface area contributed by atoms with Crippen LogP contribution in [-0.2, 0) is 4.79 Å². The van der Waals surface area contributed by atoms with Crippen LogP contribution in [0.5, 0.6) is 0 Å². The molecule has 0 rings (SSSR count). The molecule has 0 heterocycles. The number of rotatable bonds is 10. The van der Waals surface area contributed by atoms with Crippen LogP contribution < -0.4 is 56.5 Å². The van der Waals surface area contributed by atoms with Gasteiger partial charge in [-0.15, -0.1) is 0 Å². The topological polar surface area (TPSA) is 116 Å². The fourth-order valence-corrected chi connectivity index (χ4v) is 1.43. The summed E-state index contributed by atoms with van der Waals surface area (Å²) in [4.78, 5) is 20.0. The van der Waals surface area contributed by atoms with Crippen LogP contribution in [0.1, 0.15) is 44.9 Å². The summed E-state index contributed by atoms with van der Waals surface area (Å²) >= 11 is 0. The quantitative estimate of drug-likeness (QED) is 0.120. The fourth-order valence-electron chi connectivity index (χ4n) is 1.43. The number of nitrogens with zero attached hydrogens (tertiary/aromatic N) is 2. The molecule has 98 valence electrons. The molecule has 0 aliphatic heterocycles. The van der Waals surface area contributed by atoms with Gasteiger partial charge in [-0.1, -0.05) is 24.4 Å². The van der Waals surface area contributed by atoms with E-state index in [9.17, 15) is 20.0 Å². The summed E-state index contributed by atoms with van der Waals surface area (Å²) in [5, 5.41) is 31.3. The number of nitro groups is 1. The molecular formula is C10H17KN2O5. The molecule has 0 aliphatic carbocycles. The van der Waals surface area contributed by atoms with Crippen molar-refractivity contribution in [3.05, 3.63) is 10.1 Å². The molecule has 0 aromatic rings. The van der Waals surface area contributed by atoms with Crippen LogP contribution in [0.2, 0.25) is 0 Å². The Morgan fingerprint density at radius 2 is 1.61 bits per heavy atom. The standard InChI is InChI=1S/C10H18N2O5.K/c13-10(14)9(11-15)7-5-3-1-2-4-6-8-12(16)17;/h15H,1-8H2,(H,13,14);/q;+1/p-1/b11-9-;. The average molecular weight is 284 g/mol. The number of carboxylic acid groups (broad SMARTS) is 1. The first-order chi connectivity index (χ1) is 8.07. The van der Waals surface area contributed by atoms with Gasteiger partial charge >= 0.3 is 51.4 Å². The number of carbonyl (C=O) groups excluding carboxylic acids is 1. The van der Waals surface area contributed by atoms with Crippen molar-refractivity contribution in [3.8, 4) is 0 Å². The molecule has 1 N–H and O–H groups in total. The van der Waals surface area contributed by atoms with Gasteiger partial charge in [0.2, 0.25) is 6.54 Å². The molecule has 0 spiro atoms. The molecule has 0 radical (unpaired) electrons. The smallest absolute Gasteiger partial charge is 0.543 e. The largest absolute Gasteiger partial charge is 1.00 e. The molecule has 0 atom stereocenters. The Hall–Kier alpha value is -0.0236. The second-order valence-corrected chi connectivity index (χ2v) is 3.76. The Morgan fingerprint density at radius 1 is 1.11 bits per heavy atom. The van der Waals surface area contributed by atoms with Gasteiger partial charge in [0.1, 0.15) is 5.71 Å². The van der Waals surface area contributed by atoms with E-state index in [2.05, 4.69) is 5.16 Å². The predicted molar refractivity (Wildman–Crippen MR) is 58.4 cm³/mol. The van der Waals surface area contributed by atoms with Gasteiger partial charge in [-0.25, -0.2) is 0 Å². The van der Waals surface area contributed by atoms with E-state index in [1.54, 1.807) is 0 Å². The van der Waals surface area contributed by atoms with E-state index in [1.165, 1.54) is 0 Å². The molecular weight excluding hydrogens is 267 g/mol. The van der Waals surface area contributed by atoms with Crippen molar-refractivity contribution in [2.24, 2.45) is 5.16 Å². The summed E-state index contributed by atoms with van der Waals surface area (Å²) in [6, 6.07) is 0. The fraction of sp³-hybridized carbons (Fsp3) is 0.800. The molecule has 0 bridgehead atoms. The zero-order chi connectivity index (χ0) is 13.1. The third kappa shape index (κ3) is 12.4. The van der Waals surface area contributed by atoms with E-state index >= 15 is 0 Å². The zero-order valence-electron chi connectivity index (χ0n) is 10.6. The van der Waals surface area contributed by atoms with Crippen molar-refractivity contribution < 1.29 is 71.4 Å². The van der Waals surface area contributed by atoms with Crippen LogP contribution >= 0.6 is 0 Å². The van der Waals surface area contributed by atoms with Crippen LogP contribution in [0.3, 0.4) is 0 Å². The Morgan fingerprint density at radius 3 is 2.06 bits per heavy atom. The van der Waals surface area contributed by atoms with Gasteiger partial charge in [-0.2, -0.15) is 0 Å². The molecule has 8 heteroatoms. The van der Waals surface area contributed by atoms with Gasteiger partial charge in [0.25, 0.3) is 0 Å². The van der Waals surface area contributed by atoms with Crippen LogP contribution in [-0.4, -0.2) is 28.4 Å². The van der Waals surface area contributed by atoms with E-state index in [4.69, 9.17) is 5.21 Å². The summed E-state index contributed by atoms with van der Waals surface area (Å²) in [7, 11) is 0. The number of hydrogen-bond donors (Lipinski definition) is 1. The van der Waals surface area contributed by atoms with Crippen LogP contribution in [0.15, 0.2) is 5.16 Å².